The molecular formula is C18H18N4O. The first-order valence-electron chi connectivity index (χ1n) is 7.70. The third kappa shape index (κ3) is 3.67. The van der Waals surface area contributed by atoms with Crippen LogP contribution >= 0.6 is 0 Å². The molecule has 3 rings (SSSR count). The molecule has 1 amide bonds. The molecule has 5 heteroatoms. The van der Waals surface area contributed by atoms with Gasteiger partial charge in [-0.25, -0.2) is 4.98 Å². The van der Waals surface area contributed by atoms with Gasteiger partial charge in [-0.05, 0) is 49.6 Å². The lowest BCUT2D eigenvalue weighted by Gasteiger charge is -2.16. The van der Waals surface area contributed by atoms with Crippen LogP contribution in [0.25, 0.3) is 0 Å². The molecule has 1 saturated carbocycles. The van der Waals surface area contributed by atoms with E-state index in [4.69, 9.17) is 5.26 Å². The number of nitrogens with zero attached hydrogens (tertiary/aromatic N) is 2. The van der Waals surface area contributed by atoms with Gasteiger partial charge < -0.3 is 10.6 Å². The summed E-state index contributed by atoms with van der Waals surface area (Å²) in [5.74, 6) is 0.883. The highest BCUT2D eigenvalue weighted by Gasteiger charge is 2.29. The van der Waals surface area contributed by atoms with E-state index >= 15 is 0 Å². The van der Waals surface area contributed by atoms with Crippen molar-refractivity contribution in [1.82, 2.24) is 4.98 Å². The molecule has 0 aliphatic heterocycles. The Hall–Kier alpha value is -2.87. The number of anilines is 2. The molecule has 1 fully saturated rings. The first kappa shape index (κ1) is 15.0. The maximum absolute atomic E-state index is 11.7. The second kappa shape index (κ2) is 6.49. The number of benzene rings is 1. The zero-order valence-electron chi connectivity index (χ0n) is 12.9. The average Bonchev–Trinajstić information content (AvgIpc) is 3.41. The molecule has 5 nitrogen and oxygen atoms in total. The molecule has 1 aromatic carbocycles. The van der Waals surface area contributed by atoms with Gasteiger partial charge in [0.25, 0.3) is 0 Å². The molecule has 1 heterocycles. The Labute approximate surface area is 135 Å². The Morgan fingerprint density at radius 1 is 1.30 bits per heavy atom. The summed E-state index contributed by atoms with van der Waals surface area (Å²) in [7, 11) is 0. The van der Waals surface area contributed by atoms with E-state index in [9.17, 15) is 4.79 Å². The number of nitriles is 1. The van der Waals surface area contributed by atoms with Gasteiger partial charge >= 0.3 is 0 Å². The summed E-state index contributed by atoms with van der Waals surface area (Å²) < 4.78 is 0. The van der Waals surface area contributed by atoms with Crippen molar-refractivity contribution in [3.63, 3.8) is 0 Å². The van der Waals surface area contributed by atoms with Crippen molar-refractivity contribution in [1.29, 1.82) is 5.26 Å². The number of amides is 1. The summed E-state index contributed by atoms with van der Waals surface area (Å²) in [5.41, 5.74) is 2.39. The zero-order valence-corrected chi connectivity index (χ0v) is 12.9. The van der Waals surface area contributed by atoms with Crippen molar-refractivity contribution < 1.29 is 4.79 Å². The van der Waals surface area contributed by atoms with Gasteiger partial charge in [0.1, 0.15) is 11.9 Å². The van der Waals surface area contributed by atoms with Crippen molar-refractivity contribution in [2.75, 3.05) is 10.6 Å². The van der Waals surface area contributed by atoms with Crippen molar-refractivity contribution in [2.24, 2.45) is 5.92 Å². The summed E-state index contributed by atoms with van der Waals surface area (Å²) >= 11 is 0. The molecule has 0 bridgehead atoms. The monoisotopic (exact) mass is 306 g/mol. The fourth-order valence-corrected chi connectivity index (χ4v) is 2.34. The number of carbonyl (C=O) groups excluding carboxylic acids is 1. The fraction of sp³-hybridized carbons (Fsp3) is 0.278. The molecule has 1 unspecified atom stereocenters. The molecule has 2 N–H and O–H groups in total. The fourth-order valence-electron chi connectivity index (χ4n) is 2.34. The lowest BCUT2D eigenvalue weighted by atomic mass is 10.1. The van der Waals surface area contributed by atoms with E-state index in [-0.39, 0.29) is 17.9 Å². The van der Waals surface area contributed by atoms with E-state index in [0.717, 1.165) is 24.1 Å². The summed E-state index contributed by atoms with van der Waals surface area (Å²) in [6.07, 6.45) is 3.65. The van der Waals surface area contributed by atoms with E-state index in [1.54, 1.807) is 18.3 Å². The summed E-state index contributed by atoms with van der Waals surface area (Å²) in [5, 5.41) is 15.3. The van der Waals surface area contributed by atoms with Gasteiger partial charge in [-0.15, -0.1) is 0 Å². The molecule has 2 aromatic rings. The maximum atomic E-state index is 11.7. The molecule has 1 aliphatic rings. The standard InChI is InChI=1S/C18H18N4O/c1-12(21-17-15(11-19)3-2-10-20-17)13-6-8-16(9-7-13)22-18(23)14-4-5-14/h2-3,6-10,12,14H,4-5H2,1H3,(H,20,21)(H,22,23). The quantitative estimate of drug-likeness (QED) is 0.886. The topological polar surface area (TPSA) is 77.8 Å². The Kier molecular flexibility index (Phi) is 4.24. The molecule has 1 aliphatic carbocycles. The maximum Gasteiger partial charge on any atom is 0.227 e. The van der Waals surface area contributed by atoms with Gasteiger partial charge in [0.2, 0.25) is 5.91 Å². The normalized spacial score (nSPS) is 14.6. The van der Waals surface area contributed by atoms with Crippen LogP contribution in [0.15, 0.2) is 42.6 Å². The van der Waals surface area contributed by atoms with Crippen LogP contribution in [-0.4, -0.2) is 10.9 Å². The van der Waals surface area contributed by atoms with E-state index in [0.29, 0.717) is 11.4 Å². The van der Waals surface area contributed by atoms with Gasteiger partial charge in [-0.1, -0.05) is 12.1 Å². The second-order valence-electron chi connectivity index (χ2n) is 5.76. The molecule has 1 aromatic heterocycles. The Morgan fingerprint density at radius 3 is 2.70 bits per heavy atom. The Balaban J connectivity index is 1.66. The van der Waals surface area contributed by atoms with Crippen molar-refractivity contribution in [3.05, 3.63) is 53.7 Å². The Bertz CT molecular complexity index is 744. The number of rotatable bonds is 5. The number of nitrogens with one attached hydrogen (secondary N) is 2. The lowest BCUT2D eigenvalue weighted by molar-refractivity contribution is -0.117. The van der Waals surface area contributed by atoms with E-state index in [1.807, 2.05) is 31.2 Å². The van der Waals surface area contributed by atoms with Gasteiger partial charge in [-0.3, -0.25) is 4.79 Å². The predicted molar refractivity (Wildman–Crippen MR) is 88.8 cm³/mol. The largest absolute Gasteiger partial charge is 0.362 e. The molecule has 0 saturated heterocycles. The van der Waals surface area contributed by atoms with Crippen LogP contribution in [0, 0.1) is 17.2 Å². The first-order valence-corrected chi connectivity index (χ1v) is 7.70. The number of pyridine rings is 1. The lowest BCUT2D eigenvalue weighted by Crippen LogP contribution is -2.13. The van der Waals surface area contributed by atoms with Gasteiger partial charge in [0.05, 0.1) is 5.56 Å². The minimum atomic E-state index is 0.00480. The third-order valence-corrected chi connectivity index (χ3v) is 3.91. The van der Waals surface area contributed by atoms with E-state index in [1.165, 1.54) is 0 Å². The Morgan fingerprint density at radius 2 is 2.04 bits per heavy atom. The molecule has 1 atom stereocenters. The summed E-state index contributed by atoms with van der Waals surface area (Å²) in [4.78, 5) is 16.0. The van der Waals surface area contributed by atoms with Crippen LogP contribution in [-0.2, 0) is 4.79 Å². The minimum absolute atomic E-state index is 0.00480. The zero-order chi connectivity index (χ0) is 16.2. The van der Waals surface area contributed by atoms with E-state index in [2.05, 4.69) is 21.7 Å². The third-order valence-electron chi connectivity index (χ3n) is 3.91. The first-order chi connectivity index (χ1) is 11.2. The highest BCUT2D eigenvalue weighted by atomic mass is 16.2. The summed E-state index contributed by atoms with van der Waals surface area (Å²) in [6, 6.07) is 13.3. The highest BCUT2D eigenvalue weighted by molar-refractivity contribution is 5.94. The minimum Gasteiger partial charge on any atom is -0.362 e. The SMILES string of the molecule is CC(Nc1ncccc1C#N)c1ccc(NC(=O)C2CC2)cc1. The number of carbonyl (C=O) groups is 1. The highest BCUT2D eigenvalue weighted by Crippen LogP contribution is 2.30. The van der Waals surface area contributed by atoms with Crippen LogP contribution in [0.3, 0.4) is 0 Å². The second-order valence-corrected chi connectivity index (χ2v) is 5.76. The van der Waals surface area contributed by atoms with Crippen molar-refractivity contribution >= 4 is 17.4 Å². The van der Waals surface area contributed by atoms with Crippen LogP contribution in [0.2, 0.25) is 0 Å². The molecular weight excluding hydrogens is 288 g/mol. The average molecular weight is 306 g/mol. The molecule has 0 spiro atoms. The van der Waals surface area contributed by atoms with Crippen LogP contribution in [0.4, 0.5) is 11.5 Å². The van der Waals surface area contributed by atoms with Crippen molar-refractivity contribution in [2.45, 2.75) is 25.8 Å². The number of aromatic nitrogens is 1. The number of hydrogen-bond donors (Lipinski definition) is 2. The molecule has 23 heavy (non-hydrogen) atoms. The number of hydrogen-bond acceptors (Lipinski definition) is 4. The van der Waals surface area contributed by atoms with Gasteiger partial charge in [0, 0.05) is 23.8 Å². The van der Waals surface area contributed by atoms with Crippen LogP contribution < -0.4 is 10.6 Å². The van der Waals surface area contributed by atoms with Crippen molar-refractivity contribution in [3.8, 4) is 6.07 Å². The molecule has 116 valence electrons. The summed E-state index contributed by atoms with van der Waals surface area (Å²) in [6.45, 7) is 2.01. The molecule has 0 radical (unpaired) electrons. The van der Waals surface area contributed by atoms with Crippen LogP contribution in [0.5, 0.6) is 0 Å². The van der Waals surface area contributed by atoms with E-state index < -0.39 is 0 Å². The van der Waals surface area contributed by atoms with Gasteiger partial charge in [0.15, 0.2) is 0 Å². The van der Waals surface area contributed by atoms with Gasteiger partial charge in [-0.2, -0.15) is 5.26 Å². The van der Waals surface area contributed by atoms with Crippen LogP contribution in [0.1, 0.15) is 36.9 Å². The predicted octanol–water partition coefficient (Wildman–Crippen LogP) is 3.47. The smallest absolute Gasteiger partial charge is 0.227 e.